The summed E-state index contributed by atoms with van der Waals surface area (Å²) in [4.78, 5) is 12.9. The molecule has 0 spiro atoms. The van der Waals surface area contributed by atoms with E-state index < -0.39 is 0 Å². The van der Waals surface area contributed by atoms with Gasteiger partial charge in [0.15, 0.2) is 5.78 Å². The minimum absolute atomic E-state index is 0.123. The van der Waals surface area contributed by atoms with E-state index in [2.05, 4.69) is 11.4 Å². The van der Waals surface area contributed by atoms with Crippen molar-refractivity contribution in [3.63, 3.8) is 0 Å². The van der Waals surface area contributed by atoms with Gasteiger partial charge in [0, 0.05) is 12.1 Å². The zero-order chi connectivity index (χ0) is 11.8. The summed E-state index contributed by atoms with van der Waals surface area (Å²) in [6.45, 7) is 0. The number of hydrogen-bond acceptors (Lipinski definition) is 3. The maximum absolute atomic E-state index is 12.2. The van der Waals surface area contributed by atoms with E-state index in [-0.39, 0.29) is 11.8 Å². The third-order valence-corrected chi connectivity index (χ3v) is 4.15. The zero-order valence-corrected chi connectivity index (χ0v) is 10.5. The van der Waals surface area contributed by atoms with Gasteiger partial charge >= 0.3 is 0 Å². The van der Waals surface area contributed by atoms with E-state index in [0.717, 1.165) is 17.0 Å². The van der Waals surface area contributed by atoms with Crippen molar-refractivity contribution >= 4 is 34.4 Å². The number of halogens is 1. The van der Waals surface area contributed by atoms with Gasteiger partial charge in [0.2, 0.25) is 0 Å². The van der Waals surface area contributed by atoms with Crippen LogP contribution in [-0.2, 0) is 6.42 Å². The van der Waals surface area contributed by atoms with Gasteiger partial charge in [0.1, 0.15) is 0 Å². The number of carbonyl (C=O) groups excluding carboxylic acids is 1. The van der Waals surface area contributed by atoms with Crippen molar-refractivity contribution in [1.29, 1.82) is 0 Å². The van der Waals surface area contributed by atoms with E-state index in [1.54, 1.807) is 12.1 Å². The fraction of sp³-hybridized carbons (Fsp3) is 0.154. The SMILES string of the molecule is O=C(c1ccc(Cl)s1)C1Cc2ccccc2N1. The van der Waals surface area contributed by atoms with E-state index >= 15 is 0 Å². The molecule has 17 heavy (non-hydrogen) atoms. The number of fused-ring (bicyclic) bond motifs is 1. The number of thiophene rings is 1. The normalized spacial score (nSPS) is 17.6. The smallest absolute Gasteiger partial charge is 0.195 e. The van der Waals surface area contributed by atoms with E-state index in [0.29, 0.717) is 4.34 Å². The number of ketones is 1. The second kappa shape index (κ2) is 4.17. The molecule has 1 unspecified atom stereocenters. The van der Waals surface area contributed by atoms with Gasteiger partial charge in [-0.3, -0.25) is 4.79 Å². The summed E-state index contributed by atoms with van der Waals surface area (Å²) in [5.74, 6) is 0.123. The van der Waals surface area contributed by atoms with Crippen LogP contribution in [0.2, 0.25) is 4.34 Å². The summed E-state index contributed by atoms with van der Waals surface area (Å²) in [5, 5.41) is 3.26. The molecule has 0 saturated carbocycles. The predicted octanol–water partition coefficient (Wildman–Crippen LogP) is 3.62. The lowest BCUT2D eigenvalue weighted by molar-refractivity contribution is 0.0975. The average Bonchev–Trinajstić information content (AvgIpc) is 2.93. The topological polar surface area (TPSA) is 29.1 Å². The van der Waals surface area contributed by atoms with E-state index in [9.17, 15) is 4.79 Å². The Morgan fingerprint density at radius 3 is 2.82 bits per heavy atom. The molecule has 86 valence electrons. The molecule has 0 radical (unpaired) electrons. The molecule has 0 saturated heterocycles. The van der Waals surface area contributed by atoms with Crippen LogP contribution in [0.25, 0.3) is 0 Å². The summed E-state index contributed by atoms with van der Waals surface area (Å²) in [6.07, 6.45) is 0.754. The van der Waals surface area contributed by atoms with Crippen LogP contribution in [0.1, 0.15) is 15.2 Å². The van der Waals surface area contributed by atoms with Crippen LogP contribution in [0, 0.1) is 0 Å². The molecule has 1 atom stereocenters. The minimum atomic E-state index is -0.151. The highest BCUT2D eigenvalue weighted by molar-refractivity contribution is 7.18. The quantitative estimate of drug-likeness (QED) is 0.839. The van der Waals surface area contributed by atoms with Crippen molar-refractivity contribution in [2.75, 3.05) is 5.32 Å². The fourth-order valence-corrected chi connectivity index (χ4v) is 3.11. The monoisotopic (exact) mass is 263 g/mol. The number of rotatable bonds is 2. The Hall–Kier alpha value is -1.32. The second-order valence-electron chi connectivity index (χ2n) is 4.03. The maximum atomic E-state index is 12.2. The van der Waals surface area contributed by atoms with Gasteiger partial charge in [-0.1, -0.05) is 29.8 Å². The van der Waals surface area contributed by atoms with Gasteiger partial charge in [0.25, 0.3) is 0 Å². The highest BCUT2D eigenvalue weighted by Gasteiger charge is 2.27. The summed E-state index contributed by atoms with van der Waals surface area (Å²) in [6, 6.07) is 11.4. The molecule has 2 aromatic rings. The van der Waals surface area contributed by atoms with E-state index in [1.807, 2.05) is 18.2 Å². The van der Waals surface area contributed by atoms with Crippen LogP contribution >= 0.6 is 22.9 Å². The molecule has 1 aromatic heterocycles. The Morgan fingerprint density at radius 2 is 2.12 bits per heavy atom. The van der Waals surface area contributed by atoms with Crippen LogP contribution in [-0.4, -0.2) is 11.8 Å². The van der Waals surface area contributed by atoms with Gasteiger partial charge in [-0.05, 0) is 23.8 Å². The zero-order valence-electron chi connectivity index (χ0n) is 8.94. The van der Waals surface area contributed by atoms with Gasteiger partial charge in [-0.25, -0.2) is 0 Å². The van der Waals surface area contributed by atoms with Crippen LogP contribution in [0.3, 0.4) is 0 Å². The Kier molecular flexibility index (Phi) is 2.65. The molecule has 1 N–H and O–H groups in total. The van der Waals surface area contributed by atoms with Crippen LogP contribution in [0.15, 0.2) is 36.4 Å². The Bertz CT molecular complexity index is 553. The molecular weight excluding hydrogens is 254 g/mol. The Balaban J connectivity index is 1.83. The minimum Gasteiger partial charge on any atom is -0.374 e. The molecule has 4 heteroatoms. The predicted molar refractivity (Wildman–Crippen MR) is 71.2 cm³/mol. The molecule has 0 fully saturated rings. The van der Waals surface area contributed by atoms with E-state index in [4.69, 9.17) is 11.6 Å². The van der Waals surface area contributed by atoms with E-state index in [1.165, 1.54) is 16.9 Å². The van der Waals surface area contributed by atoms with Crippen molar-refractivity contribution in [2.24, 2.45) is 0 Å². The summed E-state index contributed by atoms with van der Waals surface area (Å²) >= 11 is 7.18. The number of anilines is 1. The van der Waals surface area contributed by atoms with Gasteiger partial charge in [-0.15, -0.1) is 11.3 Å². The lowest BCUT2D eigenvalue weighted by Gasteiger charge is -2.07. The number of benzene rings is 1. The van der Waals surface area contributed by atoms with Crippen molar-refractivity contribution < 1.29 is 4.79 Å². The molecular formula is C13H10ClNOS. The van der Waals surface area contributed by atoms with Crippen LogP contribution < -0.4 is 5.32 Å². The number of nitrogens with one attached hydrogen (secondary N) is 1. The lowest BCUT2D eigenvalue weighted by Crippen LogP contribution is -2.26. The fourth-order valence-electron chi connectivity index (χ4n) is 2.07. The molecule has 3 rings (SSSR count). The third-order valence-electron chi connectivity index (χ3n) is 2.90. The van der Waals surface area contributed by atoms with Gasteiger partial charge < -0.3 is 5.32 Å². The second-order valence-corrected chi connectivity index (χ2v) is 5.74. The van der Waals surface area contributed by atoms with Crippen molar-refractivity contribution in [2.45, 2.75) is 12.5 Å². The maximum Gasteiger partial charge on any atom is 0.195 e. The molecule has 0 aliphatic carbocycles. The number of para-hydroxylation sites is 1. The van der Waals surface area contributed by atoms with Gasteiger partial charge in [0.05, 0.1) is 15.3 Å². The molecule has 2 heterocycles. The standard InChI is InChI=1S/C13H10ClNOS/c14-12-6-5-11(17-12)13(16)10-7-8-3-1-2-4-9(8)15-10/h1-6,10,15H,7H2. The number of Topliss-reactive ketones (excluding diaryl/α,β-unsaturated/α-hetero) is 1. The summed E-state index contributed by atoms with van der Waals surface area (Å²) in [5.41, 5.74) is 2.27. The highest BCUT2D eigenvalue weighted by atomic mass is 35.5. The largest absolute Gasteiger partial charge is 0.374 e. The number of hydrogen-bond donors (Lipinski definition) is 1. The number of carbonyl (C=O) groups is 1. The Labute approximate surface area is 108 Å². The Morgan fingerprint density at radius 1 is 1.29 bits per heavy atom. The first-order valence-electron chi connectivity index (χ1n) is 5.38. The first kappa shape index (κ1) is 10.8. The first-order valence-corrected chi connectivity index (χ1v) is 6.57. The van der Waals surface area contributed by atoms with Crippen LogP contribution in [0.4, 0.5) is 5.69 Å². The molecule has 1 aliphatic heterocycles. The molecule has 1 aliphatic rings. The molecule has 0 amide bonds. The lowest BCUT2D eigenvalue weighted by atomic mass is 10.1. The molecule has 1 aromatic carbocycles. The molecule has 0 bridgehead atoms. The average molecular weight is 264 g/mol. The third kappa shape index (κ3) is 1.96. The van der Waals surface area contributed by atoms with Crippen LogP contribution in [0.5, 0.6) is 0 Å². The first-order chi connectivity index (χ1) is 8.24. The highest BCUT2D eigenvalue weighted by Crippen LogP contribution is 2.29. The summed E-state index contributed by atoms with van der Waals surface area (Å²) in [7, 11) is 0. The van der Waals surface area contributed by atoms with Gasteiger partial charge in [-0.2, -0.15) is 0 Å². The van der Waals surface area contributed by atoms with Crippen molar-refractivity contribution in [3.8, 4) is 0 Å². The van der Waals surface area contributed by atoms with Crippen molar-refractivity contribution in [1.82, 2.24) is 0 Å². The molecule has 2 nitrogen and oxygen atoms in total. The summed E-state index contributed by atoms with van der Waals surface area (Å²) < 4.78 is 0.656. The van der Waals surface area contributed by atoms with Crippen molar-refractivity contribution in [3.05, 3.63) is 51.2 Å².